The van der Waals surface area contributed by atoms with Crippen LogP contribution >= 0.6 is 0 Å². The topological polar surface area (TPSA) is 55.6 Å². The molecule has 0 saturated heterocycles. The first-order valence-electron chi connectivity index (χ1n) is 6.50. The van der Waals surface area contributed by atoms with Crippen molar-refractivity contribution in [1.29, 1.82) is 0 Å². The van der Waals surface area contributed by atoms with Gasteiger partial charge in [0.25, 0.3) is 5.91 Å². The van der Waals surface area contributed by atoms with Crippen LogP contribution in [0.4, 0.5) is 0 Å². The first-order valence-corrected chi connectivity index (χ1v) is 6.50. The van der Waals surface area contributed by atoms with Gasteiger partial charge in [-0.3, -0.25) is 4.79 Å². The summed E-state index contributed by atoms with van der Waals surface area (Å²) in [6.45, 7) is 4.61. The molecular formula is C15H18N2O3. The number of hydrogen-bond donors (Lipinski definition) is 0. The molecular weight excluding hydrogens is 256 g/mol. The van der Waals surface area contributed by atoms with Crippen LogP contribution in [0.25, 0.3) is 0 Å². The van der Waals surface area contributed by atoms with Crippen molar-refractivity contribution in [2.24, 2.45) is 0 Å². The van der Waals surface area contributed by atoms with Crippen LogP contribution in [0.15, 0.2) is 34.9 Å². The number of ether oxygens (including phenoxy) is 1. The molecule has 0 aliphatic heterocycles. The highest BCUT2D eigenvalue weighted by Gasteiger charge is 2.18. The number of amides is 1. The minimum atomic E-state index is -0.143. The maximum atomic E-state index is 12.4. The molecule has 0 bridgehead atoms. The van der Waals surface area contributed by atoms with Crippen molar-refractivity contribution in [3.63, 3.8) is 0 Å². The minimum absolute atomic E-state index is 0.143. The normalized spacial score (nSPS) is 10.3. The van der Waals surface area contributed by atoms with Gasteiger partial charge in [0, 0.05) is 13.2 Å². The van der Waals surface area contributed by atoms with Gasteiger partial charge in [0.15, 0.2) is 0 Å². The predicted octanol–water partition coefficient (Wildman–Crippen LogP) is 2.65. The number of nitrogens with zero attached hydrogens (tertiary/aromatic N) is 2. The lowest BCUT2D eigenvalue weighted by molar-refractivity contribution is 0.0770. The smallest absolute Gasteiger partial charge is 0.259 e. The monoisotopic (exact) mass is 274 g/mol. The lowest BCUT2D eigenvalue weighted by Gasteiger charge is -2.17. The van der Waals surface area contributed by atoms with E-state index in [0.29, 0.717) is 24.6 Å². The molecule has 0 aliphatic carbocycles. The van der Waals surface area contributed by atoms with Gasteiger partial charge >= 0.3 is 0 Å². The Morgan fingerprint density at radius 1 is 1.40 bits per heavy atom. The summed E-state index contributed by atoms with van der Waals surface area (Å²) in [6, 6.07) is 7.18. The molecule has 2 heterocycles. The van der Waals surface area contributed by atoms with E-state index in [1.807, 2.05) is 26.0 Å². The zero-order valence-electron chi connectivity index (χ0n) is 11.9. The van der Waals surface area contributed by atoms with E-state index in [-0.39, 0.29) is 5.91 Å². The molecule has 0 aromatic carbocycles. The van der Waals surface area contributed by atoms with E-state index >= 15 is 0 Å². The molecule has 0 atom stereocenters. The molecule has 2 aromatic heterocycles. The molecule has 1 amide bonds. The Bertz CT molecular complexity index is 592. The second-order valence-electron chi connectivity index (χ2n) is 4.46. The summed E-state index contributed by atoms with van der Waals surface area (Å²) in [6.07, 6.45) is 1.61. The molecule has 2 rings (SSSR count). The number of pyridine rings is 1. The number of furan rings is 1. The Hall–Kier alpha value is -2.30. The summed E-state index contributed by atoms with van der Waals surface area (Å²) in [7, 11) is 1.73. The average molecular weight is 274 g/mol. The third-order valence-corrected chi connectivity index (χ3v) is 2.82. The Kier molecular flexibility index (Phi) is 4.40. The maximum absolute atomic E-state index is 12.4. The quantitative estimate of drug-likeness (QED) is 0.841. The molecule has 5 nitrogen and oxygen atoms in total. The van der Waals surface area contributed by atoms with Crippen LogP contribution < -0.4 is 4.74 Å². The fourth-order valence-corrected chi connectivity index (χ4v) is 1.89. The fourth-order valence-electron chi connectivity index (χ4n) is 1.89. The minimum Gasteiger partial charge on any atom is -0.477 e. The van der Waals surface area contributed by atoms with Crippen molar-refractivity contribution in [1.82, 2.24) is 9.88 Å². The second kappa shape index (κ2) is 6.23. The summed E-state index contributed by atoms with van der Waals surface area (Å²) >= 11 is 0. The molecule has 0 saturated carbocycles. The summed E-state index contributed by atoms with van der Waals surface area (Å²) < 4.78 is 10.9. The number of aryl methyl sites for hydroxylation is 1. The van der Waals surface area contributed by atoms with Crippen LogP contribution in [-0.4, -0.2) is 29.4 Å². The largest absolute Gasteiger partial charge is 0.477 e. The van der Waals surface area contributed by atoms with Crippen molar-refractivity contribution in [3.8, 4) is 5.88 Å². The van der Waals surface area contributed by atoms with Crippen molar-refractivity contribution >= 4 is 5.91 Å². The van der Waals surface area contributed by atoms with Crippen LogP contribution in [-0.2, 0) is 6.54 Å². The van der Waals surface area contributed by atoms with E-state index in [2.05, 4.69) is 4.98 Å². The van der Waals surface area contributed by atoms with Gasteiger partial charge in [-0.05, 0) is 38.1 Å². The number of carbonyl (C=O) groups excluding carboxylic acids is 1. The van der Waals surface area contributed by atoms with Crippen LogP contribution in [0.5, 0.6) is 5.88 Å². The first-order chi connectivity index (χ1) is 9.61. The molecule has 0 fully saturated rings. The summed E-state index contributed by atoms with van der Waals surface area (Å²) in [5, 5.41) is 0. The van der Waals surface area contributed by atoms with Crippen molar-refractivity contribution in [2.75, 3.05) is 13.7 Å². The van der Waals surface area contributed by atoms with Crippen molar-refractivity contribution in [3.05, 3.63) is 47.5 Å². The van der Waals surface area contributed by atoms with Crippen molar-refractivity contribution in [2.45, 2.75) is 20.4 Å². The molecule has 0 radical (unpaired) electrons. The van der Waals surface area contributed by atoms with E-state index in [0.717, 1.165) is 11.5 Å². The van der Waals surface area contributed by atoms with E-state index in [1.54, 1.807) is 30.3 Å². The highest BCUT2D eigenvalue weighted by atomic mass is 16.5. The van der Waals surface area contributed by atoms with Gasteiger partial charge in [0.05, 0.1) is 13.2 Å². The van der Waals surface area contributed by atoms with Crippen molar-refractivity contribution < 1.29 is 13.9 Å². The third-order valence-electron chi connectivity index (χ3n) is 2.82. The van der Waals surface area contributed by atoms with E-state index in [4.69, 9.17) is 9.15 Å². The van der Waals surface area contributed by atoms with Gasteiger partial charge in [-0.25, -0.2) is 4.98 Å². The molecule has 2 aromatic rings. The Balaban J connectivity index is 2.14. The van der Waals surface area contributed by atoms with Crippen LogP contribution in [0.3, 0.4) is 0 Å². The third kappa shape index (κ3) is 3.17. The highest BCUT2D eigenvalue weighted by Crippen LogP contribution is 2.18. The number of carbonyl (C=O) groups is 1. The lowest BCUT2D eigenvalue weighted by atomic mass is 10.2. The first kappa shape index (κ1) is 14.1. The molecule has 0 N–H and O–H groups in total. The number of hydrogen-bond acceptors (Lipinski definition) is 4. The average Bonchev–Trinajstić information content (AvgIpc) is 2.84. The summed E-state index contributed by atoms with van der Waals surface area (Å²) in [4.78, 5) is 18.1. The Labute approximate surface area is 118 Å². The molecule has 0 spiro atoms. The Morgan fingerprint density at radius 2 is 2.20 bits per heavy atom. The Morgan fingerprint density at radius 3 is 2.85 bits per heavy atom. The SMILES string of the molecule is CCOc1ncccc1C(=O)N(C)Cc1ccc(C)o1. The lowest BCUT2D eigenvalue weighted by Crippen LogP contribution is -2.26. The van der Waals surface area contributed by atoms with Gasteiger partial charge in [0.1, 0.15) is 17.1 Å². The summed E-state index contributed by atoms with van der Waals surface area (Å²) in [5.41, 5.74) is 0.458. The molecule has 0 aliphatic rings. The standard InChI is InChI=1S/C15H18N2O3/c1-4-19-14-13(6-5-9-16-14)15(18)17(3)10-12-8-7-11(2)20-12/h5-9H,4,10H2,1-3H3. The molecule has 20 heavy (non-hydrogen) atoms. The highest BCUT2D eigenvalue weighted by molar-refractivity contribution is 5.96. The van der Waals surface area contributed by atoms with Crippen LogP contribution in [0.1, 0.15) is 28.8 Å². The van der Waals surface area contributed by atoms with Gasteiger partial charge < -0.3 is 14.1 Å². The van der Waals surface area contributed by atoms with Gasteiger partial charge in [-0.2, -0.15) is 0 Å². The molecule has 106 valence electrons. The number of rotatable bonds is 5. The predicted molar refractivity (Wildman–Crippen MR) is 74.6 cm³/mol. The zero-order valence-corrected chi connectivity index (χ0v) is 11.9. The second-order valence-corrected chi connectivity index (χ2v) is 4.46. The van der Waals surface area contributed by atoms with Gasteiger partial charge in [0.2, 0.25) is 5.88 Å². The van der Waals surface area contributed by atoms with Gasteiger partial charge in [-0.1, -0.05) is 0 Å². The van der Waals surface area contributed by atoms with E-state index in [9.17, 15) is 4.79 Å². The van der Waals surface area contributed by atoms with Crippen LogP contribution in [0.2, 0.25) is 0 Å². The molecule has 5 heteroatoms. The zero-order chi connectivity index (χ0) is 14.5. The van der Waals surface area contributed by atoms with Crippen LogP contribution in [0, 0.1) is 6.92 Å². The van der Waals surface area contributed by atoms with Gasteiger partial charge in [-0.15, -0.1) is 0 Å². The fraction of sp³-hybridized carbons (Fsp3) is 0.333. The summed E-state index contributed by atoms with van der Waals surface area (Å²) in [5.74, 6) is 1.80. The van der Waals surface area contributed by atoms with E-state index < -0.39 is 0 Å². The number of aromatic nitrogens is 1. The van der Waals surface area contributed by atoms with E-state index in [1.165, 1.54) is 0 Å². The molecule has 0 unspecified atom stereocenters. The maximum Gasteiger partial charge on any atom is 0.259 e.